The predicted molar refractivity (Wildman–Crippen MR) is 89.3 cm³/mol. The number of benzene rings is 2. The van der Waals surface area contributed by atoms with Gasteiger partial charge in [-0.05, 0) is 35.9 Å². The summed E-state index contributed by atoms with van der Waals surface area (Å²) in [6.45, 7) is 0. The van der Waals surface area contributed by atoms with Crippen molar-refractivity contribution in [1.82, 2.24) is 4.72 Å². The summed E-state index contributed by atoms with van der Waals surface area (Å²) >= 11 is 8.95. The van der Waals surface area contributed by atoms with Gasteiger partial charge in [-0.1, -0.05) is 39.7 Å². The Balaban J connectivity index is 2.19. The second kappa shape index (κ2) is 7.13. The molecule has 5 nitrogen and oxygen atoms in total. The minimum absolute atomic E-state index is 0.126. The third-order valence-corrected chi connectivity index (χ3v) is 4.86. The lowest BCUT2D eigenvalue weighted by Crippen LogP contribution is -2.31. The molecule has 1 N–H and O–H groups in total. The molecule has 0 heterocycles. The Bertz CT molecular complexity index is 907. The van der Waals surface area contributed by atoms with Crippen LogP contribution in [0.1, 0.15) is 11.1 Å². The van der Waals surface area contributed by atoms with E-state index in [1.807, 2.05) is 10.8 Å². The third-order valence-electron chi connectivity index (χ3n) is 2.81. The monoisotopic (exact) mass is 412 g/mol. The first-order chi connectivity index (χ1) is 10.8. The van der Waals surface area contributed by atoms with Gasteiger partial charge >= 0.3 is 0 Å². The molecule has 23 heavy (non-hydrogen) atoms. The Kier molecular flexibility index (Phi) is 5.42. The molecule has 0 aliphatic rings. The largest absolute Gasteiger partial charge is 0.274 e. The maximum atomic E-state index is 12.2. The van der Waals surface area contributed by atoms with E-state index < -0.39 is 15.9 Å². The zero-order valence-corrected chi connectivity index (χ0v) is 14.7. The van der Waals surface area contributed by atoms with Gasteiger partial charge in [0.15, 0.2) is 0 Å². The van der Waals surface area contributed by atoms with Crippen LogP contribution in [0.25, 0.3) is 0 Å². The van der Waals surface area contributed by atoms with E-state index in [9.17, 15) is 13.2 Å². The van der Waals surface area contributed by atoms with Crippen LogP contribution in [0.4, 0.5) is 0 Å². The van der Waals surface area contributed by atoms with Crippen LogP contribution >= 0.6 is 27.5 Å². The van der Waals surface area contributed by atoms with E-state index in [-0.39, 0.29) is 16.9 Å². The summed E-state index contributed by atoms with van der Waals surface area (Å²) < 4.78 is 26.9. The van der Waals surface area contributed by atoms with Crippen molar-refractivity contribution in [1.29, 1.82) is 5.26 Å². The fraction of sp³-hybridized carbons (Fsp3) is 0.0667. The van der Waals surface area contributed by atoms with Crippen LogP contribution in [0.2, 0.25) is 5.02 Å². The molecule has 1 amide bonds. The molecule has 0 aliphatic carbocycles. The number of amides is 1. The Labute approximate surface area is 147 Å². The fourth-order valence-corrected chi connectivity index (χ4v) is 3.77. The Morgan fingerprint density at radius 2 is 2.00 bits per heavy atom. The normalized spacial score (nSPS) is 10.8. The number of nitrogens with zero attached hydrogens (tertiary/aromatic N) is 1. The SMILES string of the molecule is N#Cc1cc(Br)cc(S(=O)(=O)NC(=O)Cc2cccc(Cl)c2)c1. The molecule has 0 unspecified atom stereocenters. The molecule has 0 saturated carbocycles. The molecule has 2 rings (SSSR count). The highest BCUT2D eigenvalue weighted by Crippen LogP contribution is 2.19. The van der Waals surface area contributed by atoms with E-state index in [0.717, 1.165) is 0 Å². The number of carbonyl (C=O) groups excluding carboxylic acids is 1. The Morgan fingerprint density at radius 3 is 2.65 bits per heavy atom. The number of rotatable bonds is 4. The fourth-order valence-electron chi connectivity index (χ4n) is 1.86. The van der Waals surface area contributed by atoms with Gasteiger partial charge < -0.3 is 0 Å². The molecule has 0 fully saturated rings. The van der Waals surface area contributed by atoms with E-state index in [4.69, 9.17) is 16.9 Å². The van der Waals surface area contributed by atoms with Crippen LogP contribution in [-0.2, 0) is 21.2 Å². The van der Waals surface area contributed by atoms with Gasteiger partial charge in [-0.2, -0.15) is 5.26 Å². The highest BCUT2D eigenvalue weighted by molar-refractivity contribution is 9.10. The first-order valence-electron chi connectivity index (χ1n) is 6.31. The van der Waals surface area contributed by atoms with Gasteiger partial charge in [0.25, 0.3) is 10.0 Å². The van der Waals surface area contributed by atoms with Crippen molar-refractivity contribution in [3.8, 4) is 6.07 Å². The maximum Gasteiger partial charge on any atom is 0.264 e. The smallest absolute Gasteiger partial charge is 0.264 e. The second-order valence-electron chi connectivity index (χ2n) is 4.62. The molecule has 118 valence electrons. The van der Waals surface area contributed by atoms with E-state index in [0.29, 0.717) is 15.1 Å². The van der Waals surface area contributed by atoms with Crippen molar-refractivity contribution in [2.75, 3.05) is 0 Å². The van der Waals surface area contributed by atoms with Gasteiger partial charge in [-0.25, -0.2) is 13.1 Å². The first kappa shape index (κ1) is 17.5. The molecule has 0 radical (unpaired) electrons. The second-order valence-corrected chi connectivity index (χ2v) is 7.66. The van der Waals surface area contributed by atoms with Crippen LogP contribution in [0.15, 0.2) is 51.8 Å². The number of sulfonamides is 1. The standard InChI is InChI=1S/C15H10BrClN2O3S/c16-12-4-11(9-18)6-14(8-12)23(21,22)19-15(20)7-10-2-1-3-13(17)5-10/h1-6,8H,7H2,(H,19,20). The number of halogens is 2. The lowest BCUT2D eigenvalue weighted by molar-refractivity contribution is -0.118. The number of hydrogen-bond donors (Lipinski definition) is 1. The summed E-state index contributed by atoms with van der Waals surface area (Å²) in [7, 11) is -4.06. The van der Waals surface area contributed by atoms with Crippen molar-refractivity contribution in [2.24, 2.45) is 0 Å². The quantitative estimate of drug-likeness (QED) is 0.834. The molecule has 0 saturated heterocycles. The molecule has 0 aromatic heterocycles. The molecule has 8 heteroatoms. The first-order valence-corrected chi connectivity index (χ1v) is 8.96. The van der Waals surface area contributed by atoms with E-state index in [1.54, 1.807) is 24.3 Å². The highest BCUT2D eigenvalue weighted by Gasteiger charge is 2.19. The van der Waals surface area contributed by atoms with E-state index in [2.05, 4.69) is 15.9 Å². The molecule has 0 atom stereocenters. The van der Waals surface area contributed by atoms with Crippen LogP contribution in [0, 0.1) is 11.3 Å². The Hall–Kier alpha value is -1.88. The summed E-state index contributed by atoms with van der Waals surface area (Å²) in [5, 5.41) is 9.35. The number of carbonyl (C=O) groups is 1. The summed E-state index contributed by atoms with van der Waals surface area (Å²) in [6.07, 6.45) is -0.126. The van der Waals surface area contributed by atoms with Crippen LogP contribution in [0.5, 0.6) is 0 Å². The van der Waals surface area contributed by atoms with Crippen molar-refractivity contribution >= 4 is 43.5 Å². The lowest BCUT2D eigenvalue weighted by atomic mass is 10.1. The van der Waals surface area contributed by atoms with Crippen LogP contribution in [0.3, 0.4) is 0 Å². The van der Waals surface area contributed by atoms with Gasteiger partial charge in [0.1, 0.15) is 0 Å². The zero-order chi connectivity index (χ0) is 17.0. The molecule has 0 bridgehead atoms. The highest BCUT2D eigenvalue weighted by atomic mass is 79.9. The van der Waals surface area contributed by atoms with Crippen LogP contribution < -0.4 is 4.72 Å². The number of hydrogen-bond acceptors (Lipinski definition) is 4. The molecule has 0 aliphatic heterocycles. The van der Waals surface area contributed by atoms with Gasteiger partial charge in [-0.15, -0.1) is 0 Å². The lowest BCUT2D eigenvalue weighted by Gasteiger charge is -2.08. The third kappa shape index (κ3) is 4.79. The van der Waals surface area contributed by atoms with Gasteiger partial charge in [-0.3, -0.25) is 4.79 Å². The van der Waals surface area contributed by atoms with Crippen molar-refractivity contribution < 1.29 is 13.2 Å². The van der Waals surface area contributed by atoms with Gasteiger partial charge in [0, 0.05) is 9.50 Å². The van der Waals surface area contributed by atoms with Gasteiger partial charge in [0.2, 0.25) is 5.91 Å². The molecular formula is C15H10BrClN2O3S. The number of nitriles is 1. The average molecular weight is 414 g/mol. The summed E-state index contributed by atoms with van der Waals surface area (Å²) in [6, 6.07) is 12.4. The molecule has 0 spiro atoms. The van der Waals surface area contributed by atoms with Crippen molar-refractivity contribution in [2.45, 2.75) is 11.3 Å². The summed E-state index contributed by atoms with van der Waals surface area (Å²) in [4.78, 5) is 11.8. The van der Waals surface area contributed by atoms with Crippen LogP contribution in [-0.4, -0.2) is 14.3 Å². The minimum atomic E-state index is -4.06. The van der Waals surface area contributed by atoms with Crippen molar-refractivity contribution in [3.63, 3.8) is 0 Å². The van der Waals surface area contributed by atoms with Gasteiger partial charge in [0.05, 0.1) is 22.9 Å². The van der Waals surface area contributed by atoms with E-state index >= 15 is 0 Å². The maximum absolute atomic E-state index is 12.2. The minimum Gasteiger partial charge on any atom is -0.274 e. The topological polar surface area (TPSA) is 87.0 Å². The zero-order valence-electron chi connectivity index (χ0n) is 11.6. The van der Waals surface area contributed by atoms with Crippen molar-refractivity contribution in [3.05, 3.63) is 63.1 Å². The number of nitrogens with one attached hydrogen (secondary N) is 1. The molecular weight excluding hydrogens is 404 g/mol. The van der Waals surface area contributed by atoms with E-state index in [1.165, 1.54) is 18.2 Å². The molecule has 2 aromatic carbocycles. The average Bonchev–Trinajstić information content (AvgIpc) is 2.45. The summed E-state index contributed by atoms with van der Waals surface area (Å²) in [5.74, 6) is -0.689. The predicted octanol–water partition coefficient (Wildman–Crippen LogP) is 3.02. The molecule has 2 aromatic rings. The summed E-state index contributed by atoms with van der Waals surface area (Å²) in [5.41, 5.74) is 0.763. The Morgan fingerprint density at radius 1 is 1.26 bits per heavy atom.